The molecule has 3 aliphatic heterocycles. The molecule has 0 bridgehead atoms. The predicted octanol–water partition coefficient (Wildman–Crippen LogP) is 3.15. The number of carbonyl (C=O) groups excluding carboxylic acids is 1. The maximum Gasteiger partial charge on any atom is 0.260 e. The van der Waals surface area contributed by atoms with Crippen molar-refractivity contribution >= 4 is 11.7 Å². The van der Waals surface area contributed by atoms with Crippen LogP contribution in [0, 0.1) is 18.8 Å². The number of halogens is 2. The summed E-state index contributed by atoms with van der Waals surface area (Å²) in [5.41, 5.74) is 0.756. The second kappa shape index (κ2) is 8.58. The molecule has 6 nitrogen and oxygen atoms in total. The highest BCUT2D eigenvalue weighted by atomic mass is 19.3. The van der Waals surface area contributed by atoms with Crippen LogP contribution in [0.4, 0.5) is 14.6 Å². The molecule has 2 fully saturated rings. The number of fused-ring (bicyclic) bond motifs is 1. The second-order valence-electron chi connectivity index (χ2n) is 9.18. The molecular formula is C21H33F2N5O. The molecule has 1 amide bonds. The third kappa shape index (κ3) is 4.57. The molecule has 1 N–H and O–H groups in total. The van der Waals surface area contributed by atoms with Crippen LogP contribution in [0.1, 0.15) is 50.8 Å². The van der Waals surface area contributed by atoms with E-state index >= 15 is 0 Å². The maximum atomic E-state index is 13.6. The van der Waals surface area contributed by atoms with Crippen molar-refractivity contribution in [1.29, 1.82) is 0 Å². The van der Waals surface area contributed by atoms with Gasteiger partial charge >= 0.3 is 0 Å². The molecule has 8 heteroatoms. The summed E-state index contributed by atoms with van der Waals surface area (Å²) in [5, 5.41) is 7.69. The standard InChI is InChI=1S/C21H33F2N5O/c1-14-3-7-26(8-4-14)13-20(29)27-9-5-16(6-10-27)17-12-18(21(22)23)28-19(24-17)11-15(2)25-28/h11,14,16-18,21,24H,3-10,12-13H2,1-2H3/t17-,18+/m0/s1. The summed E-state index contributed by atoms with van der Waals surface area (Å²) in [7, 11) is 0. The lowest BCUT2D eigenvalue weighted by Gasteiger charge is -2.41. The first-order valence-electron chi connectivity index (χ1n) is 11.0. The molecule has 3 aliphatic rings. The van der Waals surface area contributed by atoms with Gasteiger partial charge in [-0.3, -0.25) is 9.69 Å². The van der Waals surface area contributed by atoms with Crippen molar-refractivity contribution in [2.45, 2.75) is 64.5 Å². The summed E-state index contributed by atoms with van der Waals surface area (Å²) in [5.74, 6) is 1.98. The molecule has 0 spiro atoms. The zero-order valence-electron chi connectivity index (χ0n) is 17.5. The van der Waals surface area contributed by atoms with E-state index in [-0.39, 0.29) is 11.9 Å². The molecule has 1 aromatic heterocycles. The topological polar surface area (TPSA) is 53.4 Å². The second-order valence-corrected chi connectivity index (χ2v) is 9.18. The fourth-order valence-electron chi connectivity index (χ4n) is 5.07. The van der Waals surface area contributed by atoms with E-state index in [0.717, 1.165) is 50.6 Å². The lowest BCUT2D eigenvalue weighted by atomic mass is 9.85. The summed E-state index contributed by atoms with van der Waals surface area (Å²) in [4.78, 5) is 16.9. The first-order valence-corrected chi connectivity index (χ1v) is 11.0. The number of hydrogen-bond acceptors (Lipinski definition) is 4. The Labute approximate surface area is 171 Å². The van der Waals surface area contributed by atoms with Crippen molar-refractivity contribution in [3.8, 4) is 0 Å². The van der Waals surface area contributed by atoms with Gasteiger partial charge in [-0.1, -0.05) is 6.92 Å². The molecule has 29 heavy (non-hydrogen) atoms. The Hall–Kier alpha value is -1.70. The van der Waals surface area contributed by atoms with Crippen LogP contribution < -0.4 is 5.32 Å². The smallest absolute Gasteiger partial charge is 0.260 e. The summed E-state index contributed by atoms with van der Waals surface area (Å²) in [6.45, 7) is 8.10. The fraction of sp³-hybridized carbons (Fsp3) is 0.810. The van der Waals surface area contributed by atoms with Gasteiger partial charge in [0.1, 0.15) is 11.9 Å². The van der Waals surface area contributed by atoms with E-state index in [1.54, 1.807) is 0 Å². The SMILES string of the molecule is Cc1cc2n(n1)[C@@H](C(F)F)C[C@@H](C1CCN(C(=O)CN3CCC(C)CC3)CC1)N2. The lowest BCUT2D eigenvalue weighted by Crippen LogP contribution is -2.49. The summed E-state index contributed by atoms with van der Waals surface area (Å²) in [6.07, 6.45) is 2.03. The van der Waals surface area contributed by atoms with E-state index in [0.29, 0.717) is 24.7 Å². The van der Waals surface area contributed by atoms with Gasteiger partial charge in [0.25, 0.3) is 6.43 Å². The monoisotopic (exact) mass is 409 g/mol. The highest BCUT2D eigenvalue weighted by molar-refractivity contribution is 5.78. The van der Waals surface area contributed by atoms with Gasteiger partial charge in [-0.15, -0.1) is 0 Å². The molecule has 1 aromatic rings. The summed E-state index contributed by atoms with van der Waals surface area (Å²) < 4.78 is 28.7. The van der Waals surface area contributed by atoms with Crippen LogP contribution in [0.2, 0.25) is 0 Å². The normalized spacial score (nSPS) is 27.1. The average molecular weight is 410 g/mol. The van der Waals surface area contributed by atoms with Gasteiger partial charge in [-0.05, 0) is 64.0 Å². The third-order valence-electron chi connectivity index (χ3n) is 6.99. The van der Waals surface area contributed by atoms with Gasteiger partial charge in [-0.25, -0.2) is 13.5 Å². The minimum absolute atomic E-state index is 0.0124. The Bertz CT molecular complexity index is 708. The van der Waals surface area contributed by atoms with Gasteiger partial charge in [-0.2, -0.15) is 5.10 Å². The highest BCUT2D eigenvalue weighted by Gasteiger charge is 2.38. The number of likely N-dealkylation sites (tertiary alicyclic amines) is 2. The van der Waals surface area contributed by atoms with Gasteiger partial charge in [0.15, 0.2) is 0 Å². The molecule has 2 saturated heterocycles. The molecule has 162 valence electrons. The Morgan fingerprint density at radius 2 is 1.90 bits per heavy atom. The van der Waals surface area contributed by atoms with Crippen LogP contribution >= 0.6 is 0 Å². The number of hydrogen-bond donors (Lipinski definition) is 1. The number of amides is 1. The van der Waals surface area contributed by atoms with Crippen LogP contribution in [0.5, 0.6) is 0 Å². The van der Waals surface area contributed by atoms with Crippen molar-refractivity contribution in [2.24, 2.45) is 11.8 Å². The lowest BCUT2D eigenvalue weighted by molar-refractivity contribution is -0.134. The van der Waals surface area contributed by atoms with Crippen molar-refractivity contribution < 1.29 is 13.6 Å². The third-order valence-corrected chi connectivity index (χ3v) is 6.99. The van der Waals surface area contributed by atoms with Crippen molar-refractivity contribution in [3.05, 3.63) is 11.8 Å². The number of aryl methyl sites for hydroxylation is 1. The zero-order valence-corrected chi connectivity index (χ0v) is 17.5. The van der Waals surface area contributed by atoms with Gasteiger partial charge in [0.05, 0.1) is 12.2 Å². The first-order chi connectivity index (χ1) is 13.9. The van der Waals surface area contributed by atoms with Gasteiger partial charge in [0, 0.05) is 25.2 Å². The van der Waals surface area contributed by atoms with Crippen LogP contribution in [-0.2, 0) is 4.79 Å². The van der Waals surface area contributed by atoms with E-state index in [1.807, 2.05) is 17.9 Å². The van der Waals surface area contributed by atoms with Crippen molar-refractivity contribution in [2.75, 3.05) is 38.0 Å². The van der Waals surface area contributed by atoms with Crippen LogP contribution in [0.3, 0.4) is 0 Å². The number of nitrogens with one attached hydrogen (secondary N) is 1. The quantitative estimate of drug-likeness (QED) is 0.830. The molecule has 0 radical (unpaired) electrons. The molecule has 0 saturated carbocycles. The number of rotatable bonds is 4. The number of piperidine rings is 2. The highest BCUT2D eigenvalue weighted by Crippen LogP contribution is 2.36. The number of nitrogens with zero attached hydrogens (tertiary/aromatic N) is 4. The van der Waals surface area contributed by atoms with E-state index in [4.69, 9.17) is 0 Å². The number of anilines is 1. The van der Waals surface area contributed by atoms with Crippen LogP contribution in [0.15, 0.2) is 6.07 Å². The van der Waals surface area contributed by atoms with Crippen LogP contribution in [0.25, 0.3) is 0 Å². The Morgan fingerprint density at radius 3 is 2.55 bits per heavy atom. The molecule has 4 heterocycles. The maximum absolute atomic E-state index is 13.6. The predicted molar refractivity (Wildman–Crippen MR) is 108 cm³/mol. The molecule has 4 rings (SSSR count). The van der Waals surface area contributed by atoms with E-state index < -0.39 is 12.5 Å². The fourth-order valence-corrected chi connectivity index (χ4v) is 5.07. The van der Waals surface area contributed by atoms with Gasteiger partial charge < -0.3 is 10.2 Å². The molecule has 0 aromatic carbocycles. The Morgan fingerprint density at radius 1 is 1.21 bits per heavy atom. The largest absolute Gasteiger partial charge is 0.367 e. The Kier molecular flexibility index (Phi) is 6.08. The first kappa shape index (κ1) is 20.6. The molecule has 0 aliphatic carbocycles. The van der Waals surface area contributed by atoms with E-state index in [2.05, 4.69) is 22.2 Å². The van der Waals surface area contributed by atoms with Crippen molar-refractivity contribution in [1.82, 2.24) is 19.6 Å². The summed E-state index contributed by atoms with van der Waals surface area (Å²) >= 11 is 0. The molecule has 2 atom stereocenters. The van der Waals surface area contributed by atoms with Crippen LogP contribution in [-0.4, -0.2) is 70.7 Å². The number of aromatic nitrogens is 2. The van der Waals surface area contributed by atoms with Crippen molar-refractivity contribution in [3.63, 3.8) is 0 Å². The minimum atomic E-state index is -2.42. The summed E-state index contributed by atoms with van der Waals surface area (Å²) in [6, 6.07) is 0.990. The zero-order chi connectivity index (χ0) is 20.5. The van der Waals surface area contributed by atoms with E-state index in [9.17, 15) is 13.6 Å². The van der Waals surface area contributed by atoms with E-state index in [1.165, 1.54) is 17.5 Å². The Balaban J connectivity index is 1.31. The van der Waals surface area contributed by atoms with Gasteiger partial charge in [0.2, 0.25) is 5.91 Å². The minimum Gasteiger partial charge on any atom is -0.367 e. The molecular weight excluding hydrogens is 376 g/mol. The molecule has 0 unspecified atom stereocenters. The average Bonchev–Trinajstić information content (AvgIpc) is 3.09. The number of carbonyl (C=O) groups is 1. The number of alkyl halides is 2.